The summed E-state index contributed by atoms with van der Waals surface area (Å²) in [4.78, 5) is 20.3. The lowest BCUT2D eigenvalue weighted by Crippen LogP contribution is -2.13. The third kappa shape index (κ3) is 4.94. The van der Waals surface area contributed by atoms with E-state index in [1.807, 2.05) is 38.1 Å². The number of aromatic amines is 1. The van der Waals surface area contributed by atoms with E-state index in [2.05, 4.69) is 26.9 Å². The second kappa shape index (κ2) is 9.65. The number of nitrogens with one attached hydrogen (secondary N) is 1. The van der Waals surface area contributed by atoms with Crippen molar-refractivity contribution in [1.82, 2.24) is 14.8 Å². The van der Waals surface area contributed by atoms with E-state index < -0.39 is 0 Å². The molecule has 3 aromatic rings. The quantitative estimate of drug-likeness (QED) is 0.408. The van der Waals surface area contributed by atoms with Crippen molar-refractivity contribution in [1.29, 1.82) is 5.26 Å². The van der Waals surface area contributed by atoms with Gasteiger partial charge in [-0.25, -0.2) is 4.99 Å². The predicted octanol–water partition coefficient (Wildman–Crippen LogP) is 2.93. The van der Waals surface area contributed by atoms with Crippen molar-refractivity contribution in [2.75, 3.05) is 6.54 Å². The van der Waals surface area contributed by atoms with Crippen LogP contribution in [0, 0.1) is 11.3 Å². The van der Waals surface area contributed by atoms with Gasteiger partial charge in [0.2, 0.25) is 0 Å². The molecule has 0 fully saturated rings. The molecule has 0 saturated carbocycles. The number of allylic oxidation sites excluding steroid dienone is 1. The highest BCUT2D eigenvalue weighted by Gasteiger charge is 2.14. The SMILES string of the molecule is C=N/C(=C\C=NCc1[nH]nc2ccc(OC(C)C)cc12)n1cc(C#N)c(C(=O)CN)c1. The number of Topliss-reactive ketones (excluding diaryl/α,β-unsaturated/α-hetero) is 1. The highest BCUT2D eigenvalue weighted by molar-refractivity contribution is 6.00. The highest BCUT2D eigenvalue weighted by Crippen LogP contribution is 2.23. The minimum atomic E-state index is -0.320. The van der Waals surface area contributed by atoms with E-state index in [1.165, 1.54) is 12.4 Å². The zero-order valence-corrected chi connectivity index (χ0v) is 17.4. The van der Waals surface area contributed by atoms with Gasteiger partial charge in [-0.05, 0) is 44.8 Å². The first-order valence-corrected chi connectivity index (χ1v) is 9.63. The maximum atomic E-state index is 11.9. The Morgan fingerprint density at radius 3 is 2.94 bits per heavy atom. The van der Waals surface area contributed by atoms with Gasteiger partial charge in [-0.15, -0.1) is 0 Å². The molecule has 0 aliphatic carbocycles. The summed E-state index contributed by atoms with van der Waals surface area (Å²) in [7, 11) is 0. The molecule has 0 unspecified atom stereocenters. The van der Waals surface area contributed by atoms with Crippen molar-refractivity contribution in [2.45, 2.75) is 26.5 Å². The Kier molecular flexibility index (Phi) is 6.74. The fourth-order valence-corrected chi connectivity index (χ4v) is 3.00. The summed E-state index contributed by atoms with van der Waals surface area (Å²) in [6.45, 7) is 7.69. The molecule has 3 N–H and O–H groups in total. The smallest absolute Gasteiger partial charge is 0.179 e. The van der Waals surface area contributed by atoms with Crippen molar-refractivity contribution in [2.24, 2.45) is 15.7 Å². The molecule has 9 nitrogen and oxygen atoms in total. The summed E-state index contributed by atoms with van der Waals surface area (Å²) in [6.07, 6.45) is 6.33. The number of nitrogens with two attached hydrogens (primary N) is 1. The Bertz CT molecular complexity index is 1210. The number of aromatic nitrogens is 3. The number of benzene rings is 1. The molecule has 0 spiro atoms. The van der Waals surface area contributed by atoms with Crippen molar-refractivity contribution in [3.8, 4) is 11.8 Å². The molecule has 0 saturated heterocycles. The molecule has 158 valence electrons. The lowest BCUT2D eigenvalue weighted by Gasteiger charge is -2.09. The second-order valence-electron chi connectivity index (χ2n) is 6.95. The molecule has 0 aliphatic rings. The number of H-pyrrole nitrogens is 1. The monoisotopic (exact) mass is 417 g/mol. The first-order chi connectivity index (χ1) is 15.0. The Morgan fingerprint density at radius 2 is 2.26 bits per heavy atom. The fraction of sp³-hybridized carbons (Fsp3) is 0.227. The van der Waals surface area contributed by atoms with Crippen molar-refractivity contribution in [3.63, 3.8) is 0 Å². The molecular formula is C22H23N7O2. The van der Waals surface area contributed by atoms with E-state index in [1.54, 1.807) is 16.9 Å². The summed E-state index contributed by atoms with van der Waals surface area (Å²) in [5.74, 6) is 0.869. The van der Waals surface area contributed by atoms with Crippen LogP contribution in [0.15, 0.2) is 46.7 Å². The topological polar surface area (TPSA) is 134 Å². The molecule has 31 heavy (non-hydrogen) atoms. The number of carbonyl (C=O) groups excluding carboxylic acids is 1. The first kappa shape index (κ1) is 21.7. The number of rotatable bonds is 9. The highest BCUT2D eigenvalue weighted by atomic mass is 16.5. The van der Waals surface area contributed by atoms with Gasteiger partial charge in [-0.3, -0.25) is 14.9 Å². The third-order valence-electron chi connectivity index (χ3n) is 4.41. The van der Waals surface area contributed by atoms with Gasteiger partial charge in [0.1, 0.15) is 17.6 Å². The van der Waals surface area contributed by atoms with Crippen LogP contribution in [0.3, 0.4) is 0 Å². The van der Waals surface area contributed by atoms with E-state index in [0.717, 1.165) is 22.3 Å². The standard InChI is InChI=1S/C22H23N7O2/c1-14(2)31-16-4-5-19-17(8-16)20(28-27-19)11-26-7-6-22(25-3)29-12-15(9-23)18(13-29)21(30)10-24/h4-8,12-14H,3,10-11,24H2,1-2H3,(H,27,28)/b22-6+,26-7?. The average Bonchev–Trinajstić information content (AvgIpc) is 3.37. The molecule has 2 heterocycles. The number of hydrogen-bond donors (Lipinski definition) is 2. The van der Waals surface area contributed by atoms with Gasteiger partial charge in [-0.1, -0.05) is 0 Å². The van der Waals surface area contributed by atoms with Crippen molar-refractivity contribution >= 4 is 35.4 Å². The molecule has 0 bridgehead atoms. The number of ketones is 1. The van der Waals surface area contributed by atoms with Crippen molar-refractivity contribution < 1.29 is 9.53 Å². The first-order valence-electron chi connectivity index (χ1n) is 9.63. The van der Waals surface area contributed by atoms with Gasteiger partial charge >= 0.3 is 0 Å². The van der Waals surface area contributed by atoms with Crippen molar-refractivity contribution in [3.05, 3.63) is 53.5 Å². The summed E-state index contributed by atoms with van der Waals surface area (Å²) in [6, 6.07) is 7.71. The van der Waals surface area contributed by atoms with Crippen LogP contribution in [0.1, 0.15) is 35.5 Å². The molecule has 0 radical (unpaired) electrons. The number of nitrogens with zero attached hydrogens (tertiary/aromatic N) is 5. The lowest BCUT2D eigenvalue weighted by molar-refractivity contribution is 0.100. The van der Waals surface area contributed by atoms with Gasteiger partial charge in [0.25, 0.3) is 0 Å². The van der Waals surface area contributed by atoms with Crippen LogP contribution in [-0.2, 0) is 6.54 Å². The number of ether oxygens (including phenoxy) is 1. The maximum Gasteiger partial charge on any atom is 0.179 e. The second-order valence-corrected chi connectivity index (χ2v) is 6.95. The summed E-state index contributed by atoms with van der Waals surface area (Å²) < 4.78 is 7.29. The van der Waals surface area contributed by atoms with Crippen LogP contribution in [-0.4, -0.2) is 46.1 Å². The minimum Gasteiger partial charge on any atom is -0.491 e. The zero-order chi connectivity index (χ0) is 22.4. The van der Waals surface area contributed by atoms with Gasteiger partial charge in [0.15, 0.2) is 5.78 Å². The van der Waals surface area contributed by atoms with Crippen LogP contribution in [0.4, 0.5) is 0 Å². The van der Waals surface area contributed by atoms with E-state index in [-0.39, 0.29) is 29.6 Å². The molecule has 9 heteroatoms. The molecule has 1 aromatic carbocycles. The third-order valence-corrected chi connectivity index (χ3v) is 4.41. The Hall–Kier alpha value is -4.03. The molecule has 0 atom stereocenters. The summed E-state index contributed by atoms with van der Waals surface area (Å²) >= 11 is 0. The van der Waals surface area contributed by atoms with Crippen LogP contribution in [0.5, 0.6) is 5.75 Å². The van der Waals surface area contributed by atoms with Gasteiger partial charge < -0.3 is 15.0 Å². The van der Waals surface area contributed by atoms with Crippen LogP contribution in [0.2, 0.25) is 0 Å². The molecule has 2 aromatic heterocycles. The number of carbonyl (C=O) groups is 1. The minimum absolute atomic E-state index is 0.0803. The van der Waals surface area contributed by atoms with Gasteiger partial charge in [0, 0.05) is 24.0 Å². The van der Waals surface area contributed by atoms with Crippen LogP contribution >= 0.6 is 0 Å². The maximum absolute atomic E-state index is 11.9. The summed E-state index contributed by atoms with van der Waals surface area (Å²) in [5.41, 5.74) is 7.57. The largest absolute Gasteiger partial charge is 0.491 e. The van der Waals surface area contributed by atoms with E-state index in [9.17, 15) is 10.1 Å². The van der Waals surface area contributed by atoms with E-state index in [0.29, 0.717) is 12.4 Å². The van der Waals surface area contributed by atoms with Crippen LogP contribution < -0.4 is 10.5 Å². The average molecular weight is 417 g/mol. The summed E-state index contributed by atoms with van der Waals surface area (Å²) in [5, 5.41) is 17.5. The Labute approximate surface area is 179 Å². The number of nitriles is 1. The predicted molar refractivity (Wildman–Crippen MR) is 120 cm³/mol. The number of fused-ring (bicyclic) bond motifs is 1. The molecule has 3 rings (SSSR count). The normalized spacial score (nSPS) is 11.9. The van der Waals surface area contributed by atoms with Crippen LogP contribution in [0.25, 0.3) is 16.7 Å². The van der Waals surface area contributed by atoms with E-state index in [4.69, 9.17) is 10.5 Å². The number of aliphatic imine (C=N–C) groups is 2. The zero-order valence-electron chi connectivity index (χ0n) is 17.4. The number of hydrogen-bond acceptors (Lipinski definition) is 7. The molecule has 0 aliphatic heterocycles. The Balaban J connectivity index is 1.79. The van der Waals surface area contributed by atoms with E-state index >= 15 is 0 Å². The fourth-order valence-electron chi connectivity index (χ4n) is 3.00. The van der Waals surface area contributed by atoms with Gasteiger partial charge in [-0.2, -0.15) is 10.4 Å². The van der Waals surface area contributed by atoms with Gasteiger partial charge in [0.05, 0.1) is 41.5 Å². The molecular weight excluding hydrogens is 394 g/mol. The lowest BCUT2D eigenvalue weighted by atomic mass is 10.1. The molecule has 0 amide bonds. The Morgan fingerprint density at radius 1 is 1.45 bits per heavy atom.